The molecule has 0 spiro atoms. The van der Waals surface area contributed by atoms with E-state index in [0.29, 0.717) is 5.95 Å². The maximum atomic E-state index is 5.84. The van der Waals surface area contributed by atoms with E-state index in [-0.39, 0.29) is 5.41 Å². The van der Waals surface area contributed by atoms with Gasteiger partial charge < -0.3 is 0 Å². The van der Waals surface area contributed by atoms with Crippen LogP contribution in [0, 0.1) is 0 Å². The Labute approximate surface area is 357 Å². The quantitative estimate of drug-likeness (QED) is 0.163. The second-order valence-corrected chi connectivity index (χ2v) is 17.6. The lowest BCUT2D eigenvalue weighted by Gasteiger charge is -2.24. The van der Waals surface area contributed by atoms with Gasteiger partial charge in [-0.1, -0.05) is 190 Å². The first-order valence-electron chi connectivity index (χ1n) is 21.6. The number of hydrogen-bond acceptors (Lipinski definition) is 2. The molecule has 0 bridgehead atoms. The molecule has 11 aromatic carbocycles. The van der Waals surface area contributed by atoms with E-state index in [2.05, 4.69) is 206 Å². The topological polar surface area (TPSA) is 30.7 Å². The first-order chi connectivity index (χ1) is 30.5. The third-order valence-electron chi connectivity index (χ3n) is 14.1. The van der Waals surface area contributed by atoms with Gasteiger partial charge in [-0.05, 0) is 82.3 Å². The lowest BCUT2D eigenvalue weighted by atomic mass is 9.80. The van der Waals surface area contributed by atoms with Crippen LogP contribution in [0.4, 0.5) is 0 Å². The molecule has 0 atom stereocenters. The number of fused-ring (bicyclic) bond motifs is 21. The molecule has 3 heteroatoms. The smallest absolute Gasteiger partial charge is 0.235 e. The summed E-state index contributed by atoms with van der Waals surface area (Å²) in [6.07, 6.45) is 0. The lowest BCUT2D eigenvalue weighted by Crippen LogP contribution is -2.18. The van der Waals surface area contributed by atoms with Crippen LogP contribution in [0.5, 0.6) is 0 Å². The zero-order valence-corrected chi connectivity index (χ0v) is 34.2. The van der Waals surface area contributed by atoms with E-state index in [4.69, 9.17) is 9.97 Å². The summed E-state index contributed by atoms with van der Waals surface area (Å²) >= 11 is 0. The molecule has 2 heterocycles. The maximum Gasteiger partial charge on any atom is 0.235 e. The normalized spacial score (nSPS) is 13.5. The molecule has 14 rings (SSSR count). The second kappa shape index (κ2) is 12.1. The van der Waals surface area contributed by atoms with Gasteiger partial charge >= 0.3 is 0 Å². The van der Waals surface area contributed by atoms with Crippen LogP contribution in [0.3, 0.4) is 0 Å². The fraction of sp³-hybridized carbons (Fsp3) is 0.0508. The summed E-state index contributed by atoms with van der Waals surface area (Å²) in [5.74, 6) is 0.676. The van der Waals surface area contributed by atoms with Crippen molar-refractivity contribution in [2.45, 2.75) is 19.3 Å². The molecule has 2 aromatic heterocycles. The minimum Gasteiger partial charge on any atom is -0.277 e. The number of nitrogens with zero attached hydrogens (tertiary/aromatic N) is 3. The molecular weight excluding hydrogens is 751 g/mol. The van der Waals surface area contributed by atoms with Crippen molar-refractivity contribution in [3.63, 3.8) is 0 Å². The van der Waals surface area contributed by atoms with Crippen molar-refractivity contribution < 1.29 is 0 Å². The summed E-state index contributed by atoms with van der Waals surface area (Å²) in [5.41, 5.74) is 8.56. The summed E-state index contributed by atoms with van der Waals surface area (Å²) < 4.78 is 2.37. The number of aromatic nitrogens is 3. The average Bonchev–Trinajstić information content (AvgIpc) is 3.80. The van der Waals surface area contributed by atoms with E-state index < -0.39 is 0 Å². The van der Waals surface area contributed by atoms with Gasteiger partial charge in [0.15, 0.2) is 0 Å². The van der Waals surface area contributed by atoms with E-state index in [0.717, 1.165) is 28.0 Å². The molecule has 288 valence electrons. The zero-order chi connectivity index (χ0) is 40.8. The third-order valence-corrected chi connectivity index (χ3v) is 14.1. The van der Waals surface area contributed by atoms with Crippen molar-refractivity contribution in [2.75, 3.05) is 0 Å². The van der Waals surface area contributed by atoms with E-state index in [1.807, 2.05) is 0 Å². The van der Waals surface area contributed by atoms with Crippen LogP contribution in [-0.2, 0) is 5.41 Å². The summed E-state index contributed by atoms with van der Waals surface area (Å²) in [4.78, 5) is 11.6. The Morgan fingerprint density at radius 2 is 0.871 bits per heavy atom. The van der Waals surface area contributed by atoms with Crippen molar-refractivity contribution in [3.05, 3.63) is 199 Å². The van der Waals surface area contributed by atoms with E-state index >= 15 is 0 Å². The molecule has 0 amide bonds. The average molecular weight is 788 g/mol. The molecule has 0 aliphatic heterocycles. The molecule has 0 radical (unpaired) electrons. The van der Waals surface area contributed by atoms with E-state index in [1.54, 1.807) is 0 Å². The number of benzene rings is 11. The Balaban J connectivity index is 1.16. The molecule has 0 saturated heterocycles. The predicted octanol–water partition coefficient (Wildman–Crippen LogP) is 15.6. The first-order valence-corrected chi connectivity index (χ1v) is 21.6. The minimum atomic E-state index is -0.329. The molecule has 62 heavy (non-hydrogen) atoms. The fourth-order valence-corrected chi connectivity index (χ4v) is 11.4. The van der Waals surface area contributed by atoms with E-state index in [9.17, 15) is 0 Å². The first kappa shape index (κ1) is 33.9. The van der Waals surface area contributed by atoms with Gasteiger partial charge in [-0.3, -0.25) is 4.57 Å². The van der Waals surface area contributed by atoms with Crippen LogP contribution >= 0.6 is 0 Å². The monoisotopic (exact) mass is 787 g/mol. The Morgan fingerprint density at radius 1 is 0.387 bits per heavy atom. The molecule has 0 saturated carbocycles. The lowest BCUT2D eigenvalue weighted by molar-refractivity contribution is 0.657. The van der Waals surface area contributed by atoms with Gasteiger partial charge in [0.1, 0.15) is 0 Å². The standard InChI is InChI=1S/C59H37N3/c1-59(2)50-26-14-13-25-47(50)56-54(59)55(35-28-29-44-39-19-6-5-17-37(39)38-18-8-10-23-43(38)49(44)33-35)60-58(61-56)62-51-32-31-46-42-22-9-7-20-40(42)41-21-11-12-24-45(41)52(46)53(51)48-30-27-34-15-3-4-16-36(34)57(48)62/h3-33H,1-2H3. The molecule has 1 aliphatic rings. The van der Waals surface area contributed by atoms with Gasteiger partial charge in [0.05, 0.1) is 22.4 Å². The highest BCUT2D eigenvalue weighted by atomic mass is 15.2. The van der Waals surface area contributed by atoms with Gasteiger partial charge in [-0.2, -0.15) is 0 Å². The van der Waals surface area contributed by atoms with Crippen LogP contribution < -0.4 is 0 Å². The van der Waals surface area contributed by atoms with Crippen LogP contribution in [0.2, 0.25) is 0 Å². The summed E-state index contributed by atoms with van der Waals surface area (Å²) in [7, 11) is 0. The van der Waals surface area contributed by atoms with Crippen molar-refractivity contribution >= 4 is 97.2 Å². The molecule has 0 fully saturated rings. The van der Waals surface area contributed by atoms with Crippen molar-refractivity contribution in [1.29, 1.82) is 0 Å². The maximum absolute atomic E-state index is 5.84. The fourth-order valence-electron chi connectivity index (χ4n) is 11.4. The van der Waals surface area contributed by atoms with Crippen molar-refractivity contribution in [1.82, 2.24) is 14.5 Å². The van der Waals surface area contributed by atoms with Crippen LogP contribution in [0.15, 0.2) is 188 Å². The largest absolute Gasteiger partial charge is 0.277 e. The van der Waals surface area contributed by atoms with Crippen LogP contribution in [-0.4, -0.2) is 14.5 Å². The van der Waals surface area contributed by atoms with Gasteiger partial charge in [0.25, 0.3) is 0 Å². The summed E-state index contributed by atoms with van der Waals surface area (Å²) in [5, 5.41) is 19.9. The summed E-state index contributed by atoms with van der Waals surface area (Å²) in [6, 6.07) is 69.2. The van der Waals surface area contributed by atoms with Crippen LogP contribution in [0.25, 0.3) is 126 Å². The van der Waals surface area contributed by atoms with Gasteiger partial charge in [0, 0.05) is 43.7 Å². The number of rotatable bonds is 2. The van der Waals surface area contributed by atoms with E-state index in [1.165, 1.54) is 103 Å². The number of hydrogen-bond donors (Lipinski definition) is 0. The summed E-state index contributed by atoms with van der Waals surface area (Å²) in [6.45, 7) is 4.67. The SMILES string of the molecule is CC1(C)c2ccccc2-c2nc(-n3c4ccc5c6ccccc6c6ccccc6c5c4c4ccc5ccccc5c43)nc(-c3ccc4c5ccccc5c5ccccc5c4c3)c21. The third kappa shape index (κ3) is 4.34. The Kier molecular flexibility index (Phi) is 6.63. The molecule has 13 aromatic rings. The molecule has 0 N–H and O–H groups in total. The highest BCUT2D eigenvalue weighted by Gasteiger charge is 2.40. The zero-order valence-electron chi connectivity index (χ0n) is 34.2. The highest BCUT2D eigenvalue weighted by molar-refractivity contribution is 6.36. The Hall–Kier alpha value is -7.88. The minimum absolute atomic E-state index is 0.329. The highest BCUT2D eigenvalue weighted by Crippen LogP contribution is 2.52. The van der Waals surface area contributed by atoms with Gasteiger partial charge in [-0.25, -0.2) is 9.97 Å². The predicted molar refractivity (Wildman–Crippen MR) is 262 cm³/mol. The van der Waals surface area contributed by atoms with Gasteiger partial charge in [-0.15, -0.1) is 0 Å². The molecule has 3 nitrogen and oxygen atoms in total. The van der Waals surface area contributed by atoms with Gasteiger partial charge in [0.2, 0.25) is 5.95 Å². The van der Waals surface area contributed by atoms with Crippen molar-refractivity contribution in [3.8, 4) is 28.5 Å². The van der Waals surface area contributed by atoms with Crippen LogP contribution in [0.1, 0.15) is 25.0 Å². The second-order valence-electron chi connectivity index (χ2n) is 17.6. The Morgan fingerprint density at radius 3 is 1.55 bits per heavy atom. The molecule has 1 aliphatic carbocycles. The molecular formula is C59H37N3. The molecule has 0 unspecified atom stereocenters. The Bertz CT molecular complexity index is 4060. The van der Waals surface area contributed by atoms with Crippen molar-refractivity contribution in [2.24, 2.45) is 0 Å².